The van der Waals surface area contributed by atoms with Crippen molar-refractivity contribution in [1.82, 2.24) is 9.80 Å². The van der Waals surface area contributed by atoms with Gasteiger partial charge in [-0.15, -0.1) is 0 Å². The lowest BCUT2D eigenvalue weighted by Crippen LogP contribution is -2.38. The molecule has 2 N–H and O–H groups in total. The molecule has 0 aromatic heterocycles. The number of hydrogen-bond acceptors (Lipinski definition) is 7. The zero-order valence-corrected chi connectivity index (χ0v) is 42.1. The molecule has 0 aliphatic heterocycles. The molecule has 0 aromatic carbocycles. The van der Waals surface area contributed by atoms with Crippen LogP contribution in [0, 0.1) is 11.8 Å². The van der Waals surface area contributed by atoms with Gasteiger partial charge < -0.3 is 25.0 Å². The minimum absolute atomic E-state index is 0.00331. The van der Waals surface area contributed by atoms with E-state index in [1.807, 2.05) is 0 Å². The fourth-order valence-electron chi connectivity index (χ4n) is 8.83. The van der Waals surface area contributed by atoms with E-state index in [9.17, 15) is 9.59 Å². The summed E-state index contributed by atoms with van der Waals surface area (Å²) in [5.41, 5.74) is 6.02. The lowest BCUT2D eigenvalue weighted by Gasteiger charge is -2.26. The van der Waals surface area contributed by atoms with Crippen LogP contribution in [0.2, 0.25) is 0 Å². The minimum Gasteiger partial charge on any atom is -0.465 e. The second kappa shape index (κ2) is 48.3. The maximum atomic E-state index is 12.7. The summed E-state index contributed by atoms with van der Waals surface area (Å²) in [6.07, 6.45) is 43.8. The first kappa shape index (κ1) is 59.8. The van der Waals surface area contributed by atoms with Gasteiger partial charge in [0.25, 0.3) is 0 Å². The third-order valence-corrected chi connectivity index (χ3v) is 13.2. The topological polar surface area (TPSA) is 85.1 Å². The Morgan fingerprint density at radius 1 is 0.377 bits per heavy atom. The van der Waals surface area contributed by atoms with Gasteiger partial charge in [-0.25, -0.2) is 0 Å². The van der Waals surface area contributed by atoms with Crippen molar-refractivity contribution < 1.29 is 19.1 Å². The predicted octanol–water partition coefficient (Wildman–Crippen LogP) is 15.0. The van der Waals surface area contributed by atoms with Crippen LogP contribution in [-0.4, -0.2) is 80.8 Å². The second-order valence-electron chi connectivity index (χ2n) is 19.0. The van der Waals surface area contributed by atoms with Crippen molar-refractivity contribution in [1.29, 1.82) is 0 Å². The van der Waals surface area contributed by atoms with Crippen molar-refractivity contribution in [2.75, 3.05) is 59.0 Å². The van der Waals surface area contributed by atoms with E-state index in [0.717, 1.165) is 77.8 Å². The normalized spacial score (nSPS) is 11.8. The van der Waals surface area contributed by atoms with Gasteiger partial charge in [-0.2, -0.15) is 0 Å². The van der Waals surface area contributed by atoms with Gasteiger partial charge in [0.2, 0.25) is 0 Å². The molecule has 0 fully saturated rings. The molecule has 0 unspecified atom stereocenters. The Balaban J connectivity index is 4.39. The van der Waals surface area contributed by atoms with E-state index >= 15 is 0 Å². The molecule has 0 heterocycles. The van der Waals surface area contributed by atoms with Crippen LogP contribution >= 0.6 is 0 Å². The highest BCUT2D eigenvalue weighted by Crippen LogP contribution is 2.22. The molecule has 0 bridgehead atoms. The molecule has 0 atom stereocenters. The number of nitrogens with zero attached hydrogens (tertiary/aromatic N) is 2. The van der Waals surface area contributed by atoms with E-state index in [1.165, 1.54) is 180 Å². The van der Waals surface area contributed by atoms with Gasteiger partial charge in [-0.05, 0) is 82.8 Å². The molecular weight excluding hydrogens is 755 g/mol. The van der Waals surface area contributed by atoms with Crippen LogP contribution in [0.4, 0.5) is 0 Å². The van der Waals surface area contributed by atoms with Crippen LogP contribution in [0.25, 0.3) is 0 Å². The Morgan fingerprint density at radius 3 is 1.03 bits per heavy atom. The van der Waals surface area contributed by atoms with E-state index in [0.29, 0.717) is 44.4 Å². The largest absolute Gasteiger partial charge is 0.465 e. The molecule has 0 saturated heterocycles. The number of esters is 2. The number of ether oxygens (including phenoxy) is 2. The SMILES string of the molecule is CCCCCCCCC(CCCCCCCC)COC(=O)CCCCCN(CC)CCN(CCN)CCCCCC(=O)OCC(CCCCCCCC)CCCCCCCC. The van der Waals surface area contributed by atoms with Crippen molar-refractivity contribution in [3.63, 3.8) is 0 Å². The van der Waals surface area contributed by atoms with E-state index < -0.39 is 0 Å². The highest BCUT2D eigenvalue weighted by molar-refractivity contribution is 5.69. The molecule has 7 heteroatoms. The van der Waals surface area contributed by atoms with Gasteiger partial charge in [0, 0.05) is 39.0 Å². The summed E-state index contributed by atoms with van der Waals surface area (Å²) in [4.78, 5) is 30.5. The van der Waals surface area contributed by atoms with E-state index in [2.05, 4.69) is 44.4 Å². The van der Waals surface area contributed by atoms with Crippen molar-refractivity contribution in [2.45, 2.75) is 266 Å². The van der Waals surface area contributed by atoms with Gasteiger partial charge in [0.15, 0.2) is 0 Å². The molecule has 7 nitrogen and oxygen atoms in total. The highest BCUT2D eigenvalue weighted by Gasteiger charge is 2.15. The molecule has 0 radical (unpaired) electrons. The fraction of sp³-hybridized carbons (Fsp3) is 0.963. The smallest absolute Gasteiger partial charge is 0.305 e. The average Bonchev–Trinajstić information content (AvgIpc) is 3.26. The van der Waals surface area contributed by atoms with Crippen LogP contribution in [0.5, 0.6) is 0 Å². The van der Waals surface area contributed by atoms with Crippen LogP contribution < -0.4 is 5.73 Å². The molecule has 0 spiro atoms. The Kier molecular flexibility index (Phi) is 47.3. The molecule has 61 heavy (non-hydrogen) atoms. The summed E-state index contributed by atoms with van der Waals surface area (Å²) in [6, 6.07) is 0. The van der Waals surface area contributed by atoms with Gasteiger partial charge >= 0.3 is 11.9 Å². The Hall–Kier alpha value is -1.18. The zero-order chi connectivity index (χ0) is 44.7. The third kappa shape index (κ3) is 42.5. The third-order valence-electron chi connectivity index (χ3n) is 13.2. The summed E-state index contributed by atoms with van der Waals surface area (Å²) in [6.45, 7) is 19.4. The Labute approximate surface area is 381 Å². The molecule has 0 rings (SSSR count). The molecule has 0 aromatic rings. The summed E-state index contributed by atoms with van der Waals surface area (Å²) < 4.78 is 11.7. The Morgan fingerprint density at radius 2 is 0.689 bits per heavy atom. The molecule has 0 amide bonds. The summed E-state index contributed by atoms with van der Waals surface area (Å²) in [5.74, 6) is 1.06. The first-order valence-corrected chi connectivity index (χ1v) is 27.4. The maximum Gasteiger partial charge on any atom is 0.305 e. The quantitative estimate of drug-likeness (QED) is 0.0481. The summed E-state index contributed by atoms with van der Waals surface area (Å²) >= 11 is 0. The second-order valence-corrected chi connectivity index (χ2v) is 19.0. The van der Waals surface area contributed by atoms with Crippen LogP contribution in [0.1, 0.15) is 266 Å². The van der Waals surface area contributed by atoms with Crippen LogP contribution in [0.15, 0.2) is 0 Å². The first-order valence-electron chi connectivity index (χ1n) is 27.4. The van der Waals surface area contributed by atoms with Crippen molar-refractivity contribution >= 4 is 11.9 Å². The lowest BCUT2D eigenvalue weighted by molar-refractivity contribution is -0.146. The first-order chi connectivity index (χ1) is 29.9. The maximum absolute atomic E-state index is 12.7. The monoisotopic (exact) mass is 864 g/mol. The summed E-state index contributed by atoms with van der Waals surface area (Å²) in [5, 5.41) is 0. The lowest BCUT2D eigenvalue weighted by atomic mass is 9.94. The number of nitrogens with two attached hydrogens (primary N) is 1. The highest BCUT2D eigenvalue weighted by atomic mass is 16.5. The fourth-order valence-corrected chi connectivity index (χ4v) is 8.83. The molecule has 0 aliphatic rings. The van der Waals surface area contributed by atoms with Crippen LogP contribution in [0.3, 0.4) is 0 Å². The number of likely N-dealkylation sites (N-methyl/N-ethyl adjacent to an activating group) is 1. The van der Waals surface area contributed by atoms with Gasteiger partial charge in [0.05, 0.1) is 13.2 Å². The zero-order valence-electron chi connectivity index (χ0n) is 42.1. The average molecular weight is 864 g/mol. The number of carbonyl (C=O) groups is 2. The molecule has 0 saturated carbocycles. The number of carbonyl (C=O) groups excluding carboxylic acids is 2. The van der Waals surface area contributed by atoms with E-state index in [1.54, 1.807) is 0 Å². The predicted molar refractivity (Wildman–Crippen MR) is 265 cm³/mol. The van der Waals surface area contributed by atoms with E-state index in [4.69, 9.17) is 15.2 Å². The minimum atomic E-state index is -0.00331. The standard InChI is InChI=1S/C54H109N3O4/c1-6-11-15-19-23-29-37-51(38-30-24-20-16-12-7-2)49-60-53(58)41-33-27-35-44-56(10-5)47-48-57(46-43-55)45-36-28-34-42-54(59)61-50-52(39-31-25-21-17-13-8-3)40-32-26-22-18-14-9-4/h51-52H,6-50,55H2,1-5H3. The number of unbranched alkanes of at least 4 members (excludes halogenated alkanes) is 24. The van der Waals surface area contributed by atoms with Crippen molar-refractivity contribution in [2.24, 2.45) is 17.6 Å². The van der Waals surface area contributed by atoms with Crippen molar-refractivity contribution in [3.8, 4) is 0 Å². The molecular formula is C54H109N3O4. The number of hydrogen-bond donors (Lipinski definition) is 1. The number of rotatable bonds is 50. The van der Waals surface area contributed by atoms with E-state index in [-0.39, 0.29) is 11.9 Å². The molecule has 0 aliphatic carbocycles. The van der Waals surface area contributed by atoms with Gasteiger partial charge in [0.1, 0.15) is 0 Å². The van der Waals surface area contributed by atoms with Crippen molar-refractivity contribution in [3.05, 3.63) is 0 Å². The van der Waals surface area contributed by atoms with Gasteiger partial charge in [-0.3, -0.25) is 9.59 Å². The molecule has 364 valence electrons. The van der Waals surface area contributed by atoms with Crippen LogP contribution in [-0.2, 0) is 19.1 Å². The Bertz CT molecular complexity index is 872. The van der Waals surface area contributed by atoms with Gasteiger partial charge in [-0.1, -0.05) is 202 Å². The summed E-state index contributed by atoms with van der Waals surface area (Å²) in [7, 11) is 0.